The Hall–Kier alpha value is -1.78. The molecular weight excluding hydrogens is 158 g/mol. The first-order chi connectivity index (χ1) is 5.77. The molecule has 0 fully saturated rings. The van der Waals surface area contributed by atoms with Gasteiger partial charge in [0.1, 0.15) is 0 Å². The summed E-state index contributed by atoms with van der Waals surface area (Å²) >= 11 is 0. The van der Waals surface area contributed by atoms with E-state index in [2.05, 4.69) is 15.0 Å². The number of hydrogen-bond donors (Lipinski definition) is 1. The standard InChI is InChI=1S/C7H5N3O2/c11-5-2-1-4-6(10-5)8-3-9-7(4)12/h1,3H,2H2,(H,8,9,10,11,12). The zero-order valence-corrected chi connectivity index (χ0v) is 6.07. The number of rotatable bonds is 0. The predicted molar refractivity (Wildman–Crippen MR) is 39.7 cm³/mol. The molecule has 1 aromatic rings. The van der Waals surface area contributed by atoms with Gasteiger partial charge < -0.3 is 4.98 Å². The van der Waals surface area contributed by atoms with Gasteiger partial charge in [-0.2, -0.15) is 4.99 Å². The highest BCUT2D eigenvalue weighted by atomic mass is 16.1. The number of amides is 1. The van der Waals surface area contributed by atoms with Gasteiger partial charge in [-0.3, -0.25) is 9.59 Å². The van der Waals surface area contributed by atoms with Crippen molar-refractivity contribution in [2.75, 3.05) is 0 Å². The van der Waals surface area contributed by atoms with E-state index >= 15 is 0 Å². The van der Waals surface area contributed by atoms with Gasteiger partial charge in [0.25, 0.3) is 11.5 Å². The minimum Gasteiger partial charge on any atom is -0.313 e. The minimum atomic E-state index is -0.263. The largest absolute Gasteiger partial charge is 0.313 e. The lowest BCUT2D eigenvalue weighted by atomic mass is 10.3. The van der Waals surface area contributed by atoms with E-state index in [1.54, 1.807) is 0 Å². The lowest BCUT2D eigenvalue weighted by Gasteiger charge is -1.94. The molecule has 1 aromatic heterocycles. The van der Waals surface area contributed by atoms with Gasteiger partial charge in [0.2, 0.25) is 0 Å². The maximum atomic E-state index is 11.1. The summed E-state index contributed by atoms with van der Waals surface area (Å²) in [7, 11) is 0. The van der Waals surface area contributed by atoms with E-state index in [9.17, 15) is 9.59 Å². The van der Waals surface area contributed by atoms with Crippen molar-refractivity contribution in [1.29, 1.82) is 0 Å². The van der Waals surface area contributed by atoms with Gasteiger partial charge in [0.15, 0.2) is 5.49 Å². The fourth-order valence-electron chi connectivity index (χ4n) is 1.03. The van der Waals surface area contributed by atoms with Crippen molar-refractivity contribution < 1.29 is 4.79 Å². The highest BCUT2D eigenvalue weighted by molar-refractivity contribution is 5.82. The molecule has 0 aromatic carbocycles. The molecule has 0 radical (unpaired) electrons. The molecule has 1 N–H and O–H groups in total. The number of carbonyl (C=O) groups excluding carboxylic acids is 1. The highest BCUT2D eigenvalue weighted by Gasteiger charge is 2.04. The third-order valence-corrected chi connectivity index (χ3v) is 1.58. The van der Waals surface area contributed by atoms with Crippen LogP contribution in [0.1, 0.15) is 6.42 Å². The van der Waals surface area contributed by atoms with Gasteiger partial charge in [-0.05, 0) is 0 Å². The first-order valence-corrected chi connectivity index (χ1v) is 3.43. The molecule has 60 valence electrons. The lowest BCUT2D eigenvalue weighted by molar-refractivity contribution is -0.117. The Kier molecular flexibility index (Phi) is 1.36. The van der Waals surface area contributed by atoms with Crippen LogP contribution in [0.2, 0.25) is 0 Å². The molecule has 1 aliphatic rings. The fourth-order valence-corrected chi connectivity index (χ4v) is 1.03. The number of hydrogen-bond acceptors (Lipinski definition) is 3. The summed E-state index contributed by atoms with van der Waals surface area (Å²) in [6, 6.07) is 0. The third-order valence-electron chi connectivity index (χ3n) is 1.58. The summed E-state index contributed by atoms with van der Waals surface area (Å²) in [5.74, 6) is -0.263. The maximum absolute atomic E-state index is 11.1. The summed E-state index contributed by atoms with van der Waals surface area (Å²) < 4.78 is 0. The molecule has 1 amide bonds. The lowest BCUT2D eigenvalue weighted by Crippen LogP contribution is -2.44. The molecule has 0 atom stereocenters. The summed E-state index contributed by atoms with van der Waals surface area (Å²) in [6.45, 7) is 0. The number of H-pyrrole nitrogens is 1. The fraction of sp³-hybridized carbons (Fsp3) is 0.143. The van der Waals surface area contributed by atoms with E-state index < -0.39 is 0 Å². The smallest absolute Gasteiger partial charge is 0.259 e. The van der Waals surface area contributed by atoms with Gasteiger partial charge >= 0.3 is 0 Å². The van der Waals surface area contributed by atoms with Crippen LogP contribution in [0, 0.1) is 0 Å². The minimum absolute atomic E-state index is 0.182. The van der Waals surface area contributed by atoms with Crippen LogP contribution in [0.15, 0.2) is 16.1 Å². The van der Waals surface area contributed by atoms with Crippen molar-refractivity contribution in [2.45, 2.75) is 6.42 Å². The van der Waals surface area contributed by atoms with Crippen molar-refractivity contribution in [3.05, 3.63) is 27.4 Å². The molecular formula is C7H5N3O2. The van der Waals surface area contributed by atoms with Crippen LogP contribution in [0.3, 0.4) is 0 Å². The molecule has 5 heteroatoms. The quantitative estimate of drug-likeness (QED) is 0.485. The van der Waals surface area contributed by atoms with E-state index in [1.165, 1.54) is 12.4 Å². The average Bonchev–Trinajstić information content (AvgIpc) is 2.04. The molecule has 0 unspecified atom stereocenters. The van der Waals surface area contributed by atoms with Crippen LogP contribution in [-0.2, 0) is 4.79 Å². The number of aromatic nitrogens is 2. The van der Waals surface area contributed by atoms with Gasteiger partial charge in [-0.25, -0.2) is 4.98 Å². The SMILES string of the molecule is O=C1CC=c2c(nc[nH]c2=O)=N1. The molecule has 2 heterocycles. The molecule has 0 saturated heterocycles. The first-order valence-electron chi connectivity index (χ1n) is 3.43. The number of carbonyl (C=O) groups is 1. The van der Waals surface area contributed by atoms with E-state index in [0.717, 1.165) is 0 Å². The summed E-state index contributed by atoms with van der Waals surface area (Å²) in [5.41, 5.74) is -0.0359. The second kappa shape index (κ2) is 2.37. The van der Waals surface area contributed by atoms with Crippen LogP contribution in [-0.4, -0.2) is 15.9 Å². The molecule has 0 saturated carbocycles. The van der Waals surface area contributed by atoms with E-state index in [-0.39, 0.29) is 23.4 Å². The Morgan fingerprint density at radius 1 is 1.42 bits per heavy atom. The first kappa shape index (κ1) is 6.90. The van der Waals surface area contributed by atoms with Crippen molar-refractivity contribution >= 4 is 12.0 Å². The Bertz CT molecular complexity index is 500. The normalized spacial score (nSPS) is 14.5. The second-order valence-electron chi connectivity index (χ2n) is 2.38. The van der Waals surface area contributed by atoms with Crippen LogP contribution in [0.5, 0.6) is 0 Å². The molecule has 2 rings (SSSR count). The highest BCUT2D eigenvalue weighted by Crippen LogP contribution is 1.85. The van der Waals surface area contributed by atoms with Gasteiger partial charge in [0.05, 0.1) is 11.5 Å². The maximum Gasteiger partial charge on any atom is 0.259 e. The van der Waals surface area contributed by atoms with Gasteiger partial charge in [-0.1, -0.05) is 6.08 Å². The Morgan fingerprint density at radius 3 is 3.08 bits per heavy atom. The third kappa shape index (κ3) is 0.952. The Morgan fingerprint density at radius 2 is 2.25 bits per heavy atom. The zero-order chi connectivity index (χ0) is 8.55. The molecule has 12 heavy (non-hydrogen) atoms. The number of aromatic amines is 1. The van der Waals surface area contributed by atoms with E-state index in [4.69, 9.17) is 0 Å². The molecule has 0 bridgehead atoms. The van der Waals surface area contributed by atoms with E-state index in [0.29, 0.717) is 5.22 Å². The van der Waals surface area contributed by atoms with Crippen LogP contribution >= 0.6 is 0 Å². The van der Waals surface area contributed by atoms with Crippen LogP contribution in [0.25, 0.3) is 6.08 Å². The predicted octanol–water partition coefficient (Wildman–Crippen LogP) is -1.90. The summed E-state index contributed by atoms with van der Waals surface area (Å²) in [4.78, 5) is 31.6. The molecule has 1 aliphatic heterocycles. The van der Waals surface area contributed by atoms with Crippen molar-refractivity contribution in [3.63, 3.8) is 0 Å². The number of nitrogens with zero attached hydrogens (tertiary/aromatic N) is 2. The number of fused-ring (bicyclic) bond motifs is 1. The zero-order valence-electron chi connectivity index (χ0n) is 6.07. The number of nitrogens with one attached hydrogen (secondary N) is 1. The van der Waals surface area contributed by atoms with Crippen LogP contribution in [0.4, 0.5) is 0 Å². The van der Waals surface area contributed by atoms with Gasteiger partial charge in [-0.15, -0.1) is 0 Å². The summed E-state index contributed by atoms with van der Waals surface area (Å²) in [5, 5.41) is 0.386. The van der Waals surface area contributed by atoms with Gasteiger partial charge in [0, 0.05) is 6.42 Å². The van der Waals surface area contributed by atoms with Crippen molar-refractivity contribution in [1.82, 2.24) is 9.97 Å². The second-order valence-corrected chi connectivity index (χ2v) is 2.38. The van der Waals surface area contributed by atoms with Crippen molar-refractivity contribution in [3.8, 4) is 0 Å². The van der Waals surface area contributed by atoms with E-state index in [1.807, 2.05) is 0 Å². The molecule has 0 spiro atoms. The molecule has 0 aliphatic carbocycles. The average molecular weight is 163 g/mol. The molecule has 5 nitrogen and oxygen atoms in total. The summed E-state index contributed by atoms with van der Waals surface area (Å²) in [6.07, 6.45) is 2.95. The topological polar surface area (TPSA) is 75.2 Å². The van der Waals surface area contributed by atoms with Crippen molar-refractivity contribution in [2.24, 2.45) is 4.99 Å². The monoisotopic (exact) mass is 163 g/mol. The Labute approximate surface area is 66.5 Å². The Balaban J connectivity index is 2.97. The van der Waals surface area contributed by atoms with Crippen LogP contribution < -0.4 is 16.3 Å².